The van der Waals surface area contributed by atoms with Gasteiger partial charge in [-0.2, -0.15) is 0 Å². The van der Waals surface area contributed by atoms with E-state index in [9.17, 15) is 43.5 Å². The number of ether oxygens (including phenoxy) is 1. The first-order valence-corrected chi connectivity index (χ1v) is 14.1. The van der Waals surface area contributed by atoms with Crippen molar-refractivity contribution in [2.24, 2.45) is 23.5 Å². The second-order valence-electron chi connectivity index (χ2n) is 11.0. The summed E-state index contributed by atoms with van der Waals surface area (Å²) in [5.41, 5.74) is 5.94. The number of carbonyl (C=O) groups is 8. The second-order valence-corrected chi connectivity index (χ2v) is 11.0. The van der Waals surface area contributed by atoms with Gasteiger partial charge in [-0.15, -0.1) is 0 Å². The molecule has 0 aliphatic rings. The Morgan fingerprint density at radius 2 is 1.32 bits per heavy atom. The molecular formula is C30H41N3O11. The quantitative estimate of drug-likeness (QED) is 0.133. The van der Waals surface area contributed by atoms with E-state index in [4.69, 9.17) is 15.6 Å². The van der Waals surface area contributed by atoms with Gasteiger partial charge in [0.2, 0.25) is 11.8 Å². The van der Waals surface area contributed by atoms with E-state index < -0.39 is 103 Å². The largest absolute Gasteiger partial charge is 0.481 e. The lowest BCUT2D eigenvalue weighted by atomic mass is 9.89. The molecule has 0 aliphatic heterocycles. The molecule has 6 N–H and O–H groups in total. The van der Waals surface area contributed by atoms with Crippen LogP contribution in [0.3, 0.4) is 0 Å². The number of nitrogens with two attached hydrogens (primary N) is 1. The van der Waals surface area contributed by atoms with Crippen LogP contribution in [-0.2, 0) is 44.9 Å². The summed E-state index contributed by atoms with van der Waals surface area (Å²) < 4.78 is 5.06. The molecule has 0 bridgehead atoms. The van der Waals surface area contributed by atoms with Crippen molar-refractivity contribution in [1.82, 2.24) is 10.6 Å². The van der Waals surface area contributed by atoms with Gasteiger partial charge < -0.3 is 31.3 Å². The number of aliphatic carboxylic acids is 2. The Morgan fingerprint density at radius 1 is 0.750 bits per heavy atom. The van der Waals surface area contributed by atoms with Gasteiger partial charge in [-0.1, -0.05) is 44.2 Å². The van der Waals surface area contributed by atoms with Gasteiger partial charge in [0, 0.05) is 25.2 Å². The lowest BCUT2D eigenvalue weighted by Gasteiger charge is -2.24. The highest BCUT2D eigenvalue weighted by atomic mass is 16.5. The maximum Gasteiger partial charge on any atom is 0.408 e. The van der Waals surface area contributed by atoms with Crippen LogP contribution in [-0.4, -0.2) is 69.5 Å². The first-order valence-electron chi connectivity index (χ1n) is 14.1. The number of rotatable bonds is 21. The fourth-order valence-electron chi connectivity index (χ4n) is 4.27. The molecule has 1 aromatic carbocycles. The summed E-state index contributed by atoms with van der Waals surface area (Å²) in [4.78, 5) is 98.2. The molecule has 1 rings (SSSR count). The Morgan fingerprint density at radius 3 is 1.84 bits per heavy atom. The third-order valence-corrected chi connectivity index (χ3v) is 6.72. The molecule has 0 fully saturated rings. The molecule has 1 aromatic rings. The molecular weight excluding hydrogens is 578 g/mol. The highest BCUT2D eigenvalue weighted by Gasteiger charge is 2.33. The third-order valence-electron chi connectivity index (χ3n) is 6.72. The fraction of sp³-hybridized carbons (Fsp3) is 0.533. The van der Waals surface area contributed by atoms with Gasteiger partial charge in [-0.05, 0) is 31.2 Å². The first-order chi connectivity index (χ1) is 20.6. The van der Waals surface area contributed by atoms with Crippen LogP contribution >= 0.6 is 0 Å². The molecule has 44 heavy (non-hydrogen) atoms. The van der Waals surface area contributed by atoms with Gasteiger partial charge in [-0.3, -0.25) is 33.6 Å². The fourth-order valence-corrected chi connectivity index (χ4v) is 4.27. The molecule has 0 unspecified atom stereocenters. The summed E-state index contributed by atoms with van der Waals surface area (Å²) in [5, 5.41) is 23.1. The molecule has 14 nitrogen and oxygen atoms in total. The number of nitrogens with one attached hydrogen (secondary N) is 2. The Balaban J connectivity index is 3.09. The van der Waals surface area contributed by atoms with Gasteiger partial charge in [0.25, 0.3) is 0 Å². The molecule has 3 amide bonds. The molecule has 14 heteroatoms. The number of benzene rings is 1. The maximum absolute atomic E-state index is 13.3. The molecule has 0 heterocycles. The minimum atomic E-state index is -1.61. The Hall–Kier alpha value is -4.62. The van der Waals surface area contributed by atoms with Crippen molar-refractivity contribution < 1.29 is 53.3 Å². The van der Waals surface area contributed by atoms with Crippen molar-refractivity contribution in [3.8, 4) is 0 Å². The number of ketones is 3. The van der Waals surface area contributed by atoms with Crippen LogP contribution in [0.25, 0.3) is 0 Å². The smallest absolute Gasteiger partial charge is 0.408 e. The summed E-state index contributed by atoms with van der Waals surface area (Å²) in [5.74, 6) is -8.98. The summed E-state index contributed by atoms with van der Waals surface area (Å²) in [6, 6.07) is 5.80. The molecule has 0 aliphatic carbocycles. The predicted molar refractivity (Wildman–Crippen MR) is 155 cm³/mol. The van der Waals surface area contributed by atoms with E-state index in [2.05, 4.69) is 10.6 Å². The van der Waals surface area contributed by atoms with Crippen LogP contribution in [0, 0.1) is 17.8 Å². The topological polar surface area (TPSA) is 236 Å². The zero-order valence-corrected chi connectivity index (χ0v) is 25.1. The zero-order valence-electron chi connectivity index (χ0n) is 25.1. The van der Waals surface area contributed by atoms with E-state index in [0.29, 0.717) is 12.0 Å². The summed E-state index contributed by atoms with van der Waals surface area (Å²) in [6.07, 6.45) is -3.67. The van der Waals surface area contributed by atoms with Crippen LogP contribution in [0.4, 0.5) is 4.79 Å². The number of carboxylic acids is 2. The number of Topliss-reactive ketones (excluding diaryl/α,β-unsaturated/α-hetero) is 3. The lowest BCUT2D eigenvalue weighted by Crippen LogP contribution is -2.47. The highest BCUT2D eigenvalue weighted by Crippen LogP contribution is 2.18. The van der Waals surface area contributed by atoms with Crippen LogP contribution in [0.2, 0.25) is 0 Å². The molecule has 0 radical (unpaired) electrons. The molecule has 242 valence electrons. The average Bonchev–Trinajstić information content (AvgIpc) is 2.92. The maximum atomic E-state index is 13.3. The molecule has 0 saturated heterocycles. The number of alkyl carbamates (subject to hydrolysis) is 1. The zero-order chi connectivity index (χ0) is 33.4. The van der Waals surface area contributed by atoms with Crippen LogP contribution in [0.5, 0.6) is 0 Å². The van der Waals surface area contributed by atoms with Gasteiger partial charge in [0.15, 0.2) is 11.6 Å². The van der Waals surface area contributed by atoms with E-state index >= 15 is 0 Å². The van der Waals surface area contributed by atoms with Crippen LogP contribution in [0.1, 0.15) is 71.3 Å². The minimum Gasteiger partial charge on any atom is -0.481 e. The van der Waals surface area contributed by atoms with Crippen molar-refractivity contribution in [3.63, 3.8) is 0 Å². The monoisotopic (exact) mass is 619 g/mol. The van der Waals surface area contributed by atoms with Crippen LogP contribution < -0.4 is 16.4 Å². The Kier molecular flexibility index (Phi) is 16.0. The van der Waals surface area contributed by atoms with E-state index in [1.54, 1.807) is 30.3 Å². The van der Waals surface area contributed by atoms with Crippen LogP contribution in [0.15, 0.2) is 30.3 Å². The number of carbonyl (C=O) groups excluding carboxylic acids is 6. The third kappa shape index (κ3) is 15.0. The van der Waals surface area contributed by atoms with Gasteiger partial charge in [-0.25, -0.2) is 4.79 Å². The van der Waals surface area contributed by atoms with Crippen molar-refractivity contribution >= 4 is 47.2 Å². The minimum absolute atomic E-state index is 0.109. The number of hydrogen-bond acceptors (Lipinski definition) is 9. The number of hydrogen-bond donors (Lipinski definition) is 5. The SMILES string of the molecule is CC(=O)[C@H](CC(=O)O)CC(=O)[C@H](CCC(C)C)NC(=O)[C@H](CC(N)=O)CC(=O)[C@H](CC(=O)O)NC(=O)OCc1ccccc1. The van der Waals surface area contributed by atoms with E-state index in [1.165, 1.54) is 0 Å². The second kappa shape index (κ2) is 18.8. The van der Waals surface area contributed by atoms with Crippen molar-refractivity contribution in [1.29, 1.82) is 0 Å². The predicted octanol–water partition coefficient (Wildman–Crippen LogP) is 1.77. The summed E-state index contributed by atoms with van der Waals surface area (Å²) in [6.45, 7) is 4.76. The highest BCUT2D eigenvalue weighted by molar-refractivity contribution is 5.97. The number of amides is 3. The molecule has 0 saturated carbocycles. The Bertz CT molecular complexity index is 1200. The van der Waals surface area contributed by atoms with Gasteiger partial charge in [0.05, 0.1) is 24.8 Å². The van der Waals surface area contributed by atoms with E-state index in [1.807, 2.05) is 13.8 Å². The van der Waals surface area contributed by atoms with Gasteiger partial charge >= 0.3 is 18.0 Å². The molecule has 4 atom stereocenters. The summed E-state index contributed by atoms with van der Waals surface area (Å²) in [7, 11) is 0. The molecule has 0 aromatic heterocycles. The normalized spacial score (nSPS) is 13.5. The van der Waals surface area contributed by atoms with E-state index in [-0.39, 0.29) is 18.9 Å². The van der Waals surface area contributed by atoms with Gasteiger partial charge in [0.1, 0.15) is 18.4 Å². The van der Waals surface area contributed by atoms with Crippen molar-refractivity contribution in [2.45, 2.75) is 84.4 Å². The first kappa shape index (κ1) is 37.4. The number of carboxylic acid groups (broad SMARTS) is 2. The Labute approximate surface area is 255 Å². The standard InChI is InChI=1S/C30H41N3O11/c1-17(2)9-10-22(24(35)11-20(18(3)34)14-27(38)39)32-29(42)21(13-26(31)37)12-25(36)23(15-28(40)41)33-30(43)44-16-19-7-5-4-6-8-19/h4-8,17,20-23H,9-16H2,1-3H3,(H2,31,37)(H,32,42)(H,33,43)(H,38,39)(H,40,41)/t20-,21-,22-,23-/m0/s1. The van der Waals surface area contributed by atoms with E-state index in [0.717, 1.165) is 6.92 Å². The lowest BCUT2D eigenvalue weighted by molar-refractivity contribution is -0.141. The summed E-state index contributed by atoms with van der Waals surface area (Å²) >= 11 is 0. The van der Waals surface area contributed by atoms with Crippen molar-refractivity contribution in [3.05, 3.63) is 35.9 Å². The molecule has 0 spiro atoms. The van der Waals surface area contributed by atoms with Crippen molar-refractivity contribution in [2.75, 3.05) is 0 Å². The number of primary amides is 1. The average molecular weight is 620 g/mol.